The first-order chi connectivity index (χ1) is 12.0. The number of carbonyl (C=O) groups is 1. The van der Waals surface area contributed by atoms with Crippen LogP contribution in [0, 0.1) is 11.3 Å². The predicted molar refractivity (Wildman–Crippen MR) is 95.9 cm³/mol. The van der Waals surface area contributed by atoms with Crippen molar-refractivity contribution in [3.8, 4) is 0 Å². The molecule has 138 valence electrons. The minimum atomic E-state index is 0.366. The number of likely N-dealkylation sites (tertiary alicyclic amines) is 2. The van der Waals surface area contributed by atoms with Crippen LogP contribution in [0.25, 0.3) is 0 Å². The van der Waals surface area contributed by atoms with E-state index in [1.54, 1.807) is 0 Å². The molecule has 6 nitrogen and oxygen atoms in total. The Balaban J connectivity index is 1.34. The second-order valence-corrected chi connectivity index (χ2v) is 8.74. The van der Waals surface area contributed by atoms with Crippen molar-refractivity contribution in [2.24, 2.45) is 11.3 Å². The Morgan fingerprint density at radius 3 is 2.68 bits per heavy atom. The van der Waals surface area contributed by atoms with Gasteiger partial charge in [-0.2, -0.15) is 0 Å². The number of amides is 1. The molecule has 1 spiro atoms. The highest BCUT2D eigenvalue weighted by molar-refractivity contribution is 5.77. The van der Waals surface area contributed by atoms with Crippen molar-refractivity contribution in [3.63, 3.8) is 0 Å². The Hall–Kier alpha value is -1.43. The van der Waals surface area contributed by atoms with Gasteiger partial charge >= 0.3 is 0 Å². The first-order valence-corrected chi connectivity index (χ1v) is 9.93. The minimum absolute atomic E-state index is 0.366. The zero-order chi connectivity index (χ0) is 17.4. The molecule has 0 unspecified atom stereocenters. The van der Waals surface area contributed by atoms with Crippen molar-refractivity contribution in [1.82, 2.24) is 24.6 Å². The molecule has 2 saturated heterocycles. The van der Waals surface area contributed by atoms with E-state index in [0.717, 1.165) is 57.3 Å². The predicted octanol–water partition coefficient (Wildman–Crippen LogP) is 2.47. The summed E-state index contributed by atoms with van der Waals surface area (Å²) in [5, 5.41) is 8.40. The third-order valence-corrected chi connectivity index (χ3v) is 6.41. The molecule has 0 radical (unpaired) electrons. The highest BCUT2D eigenvalue weighted by Crippen LogP contribution is 2.42. The monoisotopic (exact) mass is 345 g/mol. The molecule has 1 amide bonds. The first kappa shape index (κ1) is 17.0. The molecule has 0 bridgehead atoms. The summed E-state index contributed by atoms with van der Waals surface area (Å²) in [6.45, 7) is 9.46. The number of rotatable bonds is 5. The van der Waals surface area contributed by atoms with E-state index < -0.39 is 0 Å². The highest BCUT2D eigenvalue weighted by atomic mass is 16.2. The third kappa shape index (κ3) is 3.73. The maximum Gasteiger partial charge on any atom is 0.222 e. The van der Waals surface area contributed by atoms with Gasteiger partial charge in [0.15, 0.2) is 0 Å². The van der Waals surface area contributed by atoms with E-state index in [1.165, 1.54) is 25.7 Å². The number of nitrogens with zero attached hydrogens (tertiary/aromatic N) is 5. The quantitative estimate of drug-likeness (QED) is 0.823. The van der Waals surface area contributed by atoms with Gasteiger partial charge in [0.05, 0.1) is 6.54 Å². The van der Waals surface area contributed by atoms with Crippen LogP contribution >= 0.6 is 0 Å². The Morgan fingerprint density at radius 2 is 2.00 bits per heavy atom. The summed E-state index contributed by atoms with van der Waals surface area (Å²) in [4.78, 5) is 17.0. The number of aromatic nitrogens is 3. The summed E-state index contributed by atoms with van der Waals surface area (Å²) in [6, 6.07) is 0.404. The fourth-order valence-electron chi connectivity index (χ4n) is 4.49. The summed E-state index contributed by atoms with van der Waals surface area (Å²) in [5.74, 6) is 2.26. The topological polar surface area (TPSA) is 54.3 Å². The zero-order valence-electron chi connectivity index (χ0n) is 15.7. The molecule has 1 aliphatic carbocycles. The smallest absolute Gasteiger partial charge is 0.222 e. The van der Waals surface area contributed by atoms with Gasteiger partial charge in [0.2, 0.25) is 5.91 Å². The van der Waals surface area contributed by atoms with Crippen LogP contribution in [0.4, 0.5) is 0 Å². The van der Waals surface area contributed by atoms with Crippen molar-refractivity contribution >= 4 is 5.91 Å². The van der Waals surface area contributed by atoms with Crippen LogP contribution in [-0.2, 0) is 11.3 Å². The minimum Gasteiger partial charge on any atom is -0.342 e. The van der Waals surface area contributed by atoms with Crippen LogP contribution in [-0.4, -0.2) is 56.7 Å². The van der Waals surface area contributed by atoms with Crippen LogP contribution in [0.2, 0.25) is 0 Å². The molecule has 25 heavy (non-hydrogen) atoms. The van der Waals surface area contributed by atoms with Gasteiger partial charge in [-0.1, -0.05) is 0 Å². The highest BCUT2D eigenvalue weighted by Gasteiger charge is 2.42. The molecule has 2 aliphatic heterocycles. The van der Waals surface area contributed by atoms with E-state index in [-0.39, 0.29) is 0 Å². The first-order valence-electron chi connectivity index (χ1n) is 9.93. The van der Waals surface area contributed by atoms with Crippen molar-refractivity contribution < 1.29 is 4.79 Å². The van der Waals surface area contributed by atoms with Crippen LogP contribution in [0.15, 0.2) is 6.33 Å². The molecule has 4 rings (SSSR count). The molecule has 3 aliphatic rings. The van der Waals surface area contributed by atoms with Crippen LogP contribution in [0.3, 0.4) is 0 Å². The van der Waals surface area contributed by atoms with Crippen LogP contribution in [0.1, 0.15) is 64.2 Å². The molecule has 3 fully saturated rings. The summed E-state index contributed by atoms with van der Waals surface area (Å²) >= 11 is 0. The van der Waals surface area contributed by atoms with Gasteiger partial charge in [-0.15, -0.1) is 10.2 Å². The summed E-state index contributed by atoms with van der Waals surface area (Å²) in [7, 11) is 0. The van der Waals surface area contributed by atoms with E-state index in [2.05, 4.69) is 38.4 Å². The van der Waals surface area contributed by atoms with Gasteiger partial charge < -0.3 is 9.47 Å². The SMILES string of the molecule is CC(C)n1cnnc1CN1CCC2(CCC(=O)N(CC3CC3)C2)CC1. The lowest BCUT2D eigenvalue weighted by molar-refractivity contribution is -0.139. The van der Waals surface area contributed by atoms with E-state index in [0.29, 0.717) is 17.4 Å². The maximum atomic E-state index is 12.3. The van der Waals surface area contributed by atoms with Crippen molar-refractivity contribution in [3.05, 3.63) is 12.2 Å². The standard InChI is InChI=1S/C19H31N5O/c1-15(2)24-14-20-21-17(24)12-22-9-7-19(8-10-22)6-5-18(25)23(13-19)11-16-3-4-16/h14-16H,3-13H2,1-2H3. The van der Waals surface area contributed by atoms with Gasteiger partial charge in [0, 0.05) is 25.6 Å². The van der Waals surface area contributed by atoms with Gasteiger partial charge in [-0.25, -0.2) is 0 Å². The summed E-state index contributed by atoms with van der Waals surface area (Å²) < 4.78 is 2.17. The third-order valence-electron chi connectivity index (χ3n) is 6.41. The molecule has 1 aromatic heterocycles. The normalized spacial score (nSPS) is 24.4. The van der Waals surface area contributed by atoms with E-state index >= 15 is 0 Å². The second-order valence-electron chi connectivity index (χ2n) is 8.74. The van der Waals surface area contributed by atoms with Crippen LogP contribution < -0.4 is 0 Å². The van der Waals surface area contributed by atoms with Crippen molar-refractivity contribution in [1.29, 1.82) is 0 Å². The Labute approximate surface area is 150 Å². The molecular formula is C19H31N5O. The molecular weight excluding hydrogens is 314 g/mol. The van der Waals surface area contributed by atoms with E-state index in [9.17, 15) is 4.79 Å². The number of piperidine rings is 2. The number of hydrogen-bond acceptors (Lipinski definition) is 4. The summed E-state index contributed by atoms with van der Waals surface area (Å²) in [6.07, 6.45) is 8.74. The Bertz CT molecular complexity index is 613. The fourth-order valence-corrected chi connectivity index (χ4v) is 4.49. The molecule has 0 atom stereocenters. The van der Waals surface area contributed by atoms with Gasteiger partial charge in [-0.3, -0.25) is 9.69 Å². The average Bonchev–Trinajstić information content (AvgIpc) is 3.28. The molecule has 6 heteroatoms. The van der Waals surface area contributed by atoms with E-state index in [4.69, 9.17) is 0 Å². The molecule has 0 N–H and O–H groups in total. The van der Waals surface area contributed by atoms with Crippen molar-refractivity contribution in [2.75, 3.05) is 26.2 Å². The van der Waals surface area contributed by atoms with E-state index in [1.807, 2.05) is 6.33 Å². The molecule has 1 saturated carbocycles. The average molecular weight is 345 g/mol. The van der Waals surface area contributed by atoms with Gasteiger partial charge in [-0.05, 0) is 70.4 Å². The Kier molecular flexibility index (Phi) is 4.56. The van der Waals surface area contributed by atoms with Crippen molar-refractivity contribution in [2.45, 2.75) is 65.0 Å². The summed E-state index contributed by atoms with van der Waals surface area (Å²) in [5.41, 5.74) is 0.366. The molecule has 1 aromatic rings. The van der Waals surface area contributed by atoms with Gasteiger partial charge in [0.1, 0.15) is 12.2 Å². The van der Waals surface area contributed by atoms with Crippen LogP contribution in [0.5, 0.6) is 0 Å². The lowest BCUT2D eigenvalue weighted by atomic mass is 9.72. The maximum absolute atomic E-state index is 12.3. The fraction of sp³-hybridized carbons (Fsp3) is 0.842. The molecule has 3 heterocycles. The number of hydrogen-bond donors (Lipinski definition) is 0. The lowest BCUT2D eigenvalue weighted by Crippen LogP contribution is -2.51. The lowest BCUT2D eigenvalue weighted by Gasteiger charge is -2.47. The largest absolute Gasteiger partial charge is 0.342 e. The zero-order valence-corrected chi connectivity index (χ0v) is 15.7. The molecule has 0 aromatic carbocycles. The second kappa shape index (κ2) is 6.71. The number of carbonyl (C=O) groups excluding carboxylic acids is 1. The Morgan fingerprint density at radius 1 is 1.24 bits per heavy atom. The van der Waals surface area contributed by atoms with Gasteiger partial charge in [0.25, 0.3) is 0 Å².